The van der Waals surface area contributed by atoms with Crippen LogP contribution < -0.4 is 0 Å². The summed E-state index contributed by atoms with van der Waals surface area (Å²) in [5.41, 5.74) is 0. The maximum absolute atomic E-state index is 9.96. The summed E-state index contributed by atoms with van der Waals surface area (Å²) in [6, 6.07) is 0. The molecule has 0 aromatic rings. The lowest BCUT2D eigenvalue weighted by molar-refractivity contribution is -0.107. The second kappa shape index (κ2) is 4.49. The second-order valence-corrected chi connectivity index (χ2v) is 2.13. The van der Waals surface area contributed by atoms with E-state index in [0.29, 0.717) is 6.29 Å². The zero-order valence-corrected chi connectivity index (χ0v) is 6.19. The number of hydrogen-bond donors (Lipinski definition) is 2. The number of nitrogens with zero attached hydrogens (tertiary/aromatic N) is 1. The molecule has 0 aliphatic rings. The minimum Gasteiger partial charge on any atom is -0.438 e. The van der Waals surface area contributed by atoms with Crippen molar-refractivity contribution < 1.29 is 14.8 Å². The Hall–Kier alpha value is -0.320. The van der Waals surface area contributed by atoms with Crippen molar-refractivity contribution >= 4 is 20.4 Å². The van der Waals surface area contributed by atoms with E-state index in [1.165, 1.54) is 18.4 Å². The number of carbonyl (C=O) groups is 1. The van der Waals surface area contributed by atoms with Crippen LogP contribution in [0.5, 0.6) is 0 Å². The van der Waals surface area contributed by atoms with Gasteiger partial charge in [0.1, 0.15) is 6.29 Å². The average Bonchev–Trinajstić information content (AvgIpc) is 1.81. The molecule has 10 heavy (non-hydrogen) atoms. The molecule has 0 unspecified atom stereocenters. The quantitative estimate of drug-likeness (QED) is 0.379. The molecule has 0 aromatic carbocycles. The number of rotatable bonds is 4. The normalized spacial score (nSPS) is 9.70. The van der Waals surface area contributed by atoms with Crippen molar-refractivity contribution in [2.45, 2.75) is 13.6 Å². The van der Waals surface area contributed by atoms with Gasteiger partial charge >= 0.3 is 14.1 Å². The van der Waals surface area contributed by atoms with Gasteiger partial charge in [0.15, 0.2) is 0 Å². The Balaban J connectivity index is 3.84. The summed E-state index contributed by atoms with van der Waals surface area (Å²) >= 11 is 0. The molecule has 4 nitrogen and oxygen atoms in total. The smallest absolute Gasteiger partial charge is 0.367 e. The molecule has 0 radical (unpaired) electrons. The van der Waals surface area contributed by atoms with E-state index < -0.39 is 14.1 Å². The fourth-order valence-corrected chi connectivity index (χ4v) is 0.703. The van der Waals surface area contributed by atoms with Crippen molar-refractivity contribution in [3.8, 4) is 0 Å². The van der Waals surface area contributed by atoms with E-state index >= 15 is 0 Å². The van der Waals surface area contributed by atoms with Gasteiger partial charge in [0.2, 0.25) is 0 Å². The highest BCUT2D eigenvalue weighted by Gasteiger charge is 2.22. The van der Waals surface area contributed by atoms with Crippen molar-refractivity contribution in [3.63, 3.8) is 0 Å². The molecule has 0 atom stereocenters. The first-order chi connectivity index (χ1) is 4.59. The Morgan fingerprint density at radius 2 is 1.80 bits per heavy atom. The molecule has 0 spiro atoms. The minimum atomic E-state index is -0.787. The molecule has 0 aliphatic heterocycles. The van der Waals surface area contributed by atoms with Crippen LogP contribution in [0.2, 0.25) is 13.6 Å². The zero-order valence-electron chi connectivity index (χ0n) is 6.19. The van der Waals surface area contributed by atoms with Gasteiger partial charge < -0.3 is 19.6 Å². The summed E-state index contributed by atoms with van der Waals surface area (Å²) < 4.78 is 1.26. The van der Waals surface area contributed by atoms with Crippen LogP contribution in [0, 0.1) is 0 Å². The molecule has 0 amide bonds. The first-order valence-electron chi connectivity index (χ1n) is 3.15. The lowest BCUT2D eigenvalue weighted by Crippen LogP contribution is -2.47. The highest BCUT2D eigenvalue weighted by Crippen LogP contribution is 1.92. The molecule has 2 N–H and O–H groups in total. The highest BCUT2D eigenvalue weighted by molar-refractivity contribution is 6.63. The van der Waals surface area contributed by atoms with E-state index in [4.69, 9.17) is 10.0 Å². The van der Waals surface area contributed by atoms with Crippen LogP contribution in [0.1, 0.15) is 0 Å². The highest BCUT2D eigenvalue weighted by atomic mass is 16.2. The molecular formula is C4H11B2NO3. The summed E-state index contributed by atoms with van der Waals surface area (Å²) in [5, 5.41) is 17.8. The van der Waals surface area contributed by atoms with E-state index in [2.05, 4.69) is 0 Å². The second-order valence-electron chi connectivity index (χ2n) is 2.13. The Labute approximate surface area is 61.1 Å². The molecular weight excluding hydrogens is 132 g/mol. The molecule has 0 saturated carbocycles. The third-order valence-electron chi connectivity index (χ3n) is 1.25. The van der Waals surface area contributed by atoms with Gasteiger partial charge in [-0.05, 0) is 13.6 Å². The standard InChI is InChI=1S/C4H11B2NO3/c1-5(9)7(3-4-8)6(2)10/h4,9-10H,3H2,1-2H3. The predicted octanol–water partition coefficient (Wildman–Crippen LogP) is -1.29. The van der Waals surface area contributed by atoms with E-state index in [9.17, 15) is 4.79 Å². The first-order valence-corrected chi connectivity index (χ1v) is 3.15. The van der Waals surface area contributed by atoms with E-state index in [1.54, 1.807) is 0 Å². The Morgan fingerprint density at radius 3 is 1.90 bits per heavy atom. The van der Waals surface area contributed by atoms with Crippen LogP contribution in [-0.2, 0) is 4.79 Å². The fourth-order valence-electron chi connectivity index (χ4n) is 0.703. The van der Waals surface area contributed by atoms with E-state index in [0.717, 1.165) is 0 Å². The van der Waals surface area contributed by atoms with Gasteiger partial charge in [-0.3, -0.25) is 0 Å². The molecule has 0 heterocycles. The van der Waals surface area contributed by atoms with Crippen LogP contribution in [0.25, 0.3) is 0 Å². The topological polar surface area (TPSA) is 60.8 Å². The molecule has 0 saturated heterocycles. The molecule has 56 valence electrons. The Kier molecular flexibility index (Phi) is 4.34. The van der Waals surface area contributed by atoms with Crippen molar-refractivity contribution in [2.75, 3.05) is 6.54 Å². The first kappa shape index (κ1) is 9.68. The van der Waals surface area contributed by atoms with Crippen molar-refractivity contribution in [2.24, 2.45) is 0 Å². The van der Waals surface area contributed by atoms with E-state index in [-0.39, 0.29) is 6.54 Å². The Bertz CT molecular complexity index is 101. The van der Waals surface area contributed by atoms with Crippen molar-refractivity contribution in [3.05, 3.63) is 0 Å². The monoisotopic (exact) mass is 143 g/mol. The summed E-state index contributed by atoms with van der Waals surface area (Å²) in [7, 11) is -1.57. The van der Waals surface area contributed by atoms with Crippen LogP contribution in [0.4, 0.5) is 0 Å². The molecule has 0 fully saturated rings. The third-order valence-corrected chi connectivity index (χ3v) is 1.25. The predicted molar refractivity (Wildman–Crippen MR) is 40.4 cm³/mol. The van der Waals surface area contributed by atoms with Gasteiger partial charge in [-0.2, -0.15) is 0 Å². The van der Waals surface area contributed by atoms with E-state index in [1.807, 2.05) is 0 Å². The van der Waals surface area contributed by atoms with Gasteiger partial charge in [-0.1, -0.05) is 0 Å². The largest absolute Gasteiger partial charge is 0.438 e. The van der Waals surface area contributed by atoms with Gasteiger partial charge in [0, 0.05) is 6.54 Å². The lowest BCUT2D eigenvalue weighted by Gasteiger charge is -2.20. The fraction of sp³-hybridized carbons (Fsp3) is 0.750. The van der Waals surface area contributed by atoms with Crippen LogP contribution in [0.3, 0.4) is 0 Å². The summed E-state index contributed by atoms with van der Waals surface area (Å²) in [6.07, 6.45) is 0.638. The van der Waals surface area contributed by atoms with Crippen molar-refractivity contribution in [1.29, 1.82) is 0 Å². The maximum atomic E-state index is 9.96. The SMILES string of the molecule is CB(O)N(CC=O)B(C)O. The summed E-state index contributed by atoms with van der Waals surface area (Å²) in [6.45, 7) is 3.04. The van der Waals surface area contributed by atoms with Crippen LogP contribution >= 0.6 is 0 Å². The van der Waals surface area contributed by atoms with Gasteiger partial charge in [-0.25, -0.2) is 0 Å². The molecule has 0 aliphatic carbocycles. The summed E-state index contributed by atoms with van der Waals surface area (Å²) in [4.78, 5) is 9.96. The lowest BCUT2D eigenvalue weighted by atomic mass is 9.69. The van der Waals surface area contributed by atoms with Gasteiger partial charge in [0.05, 0.1) is 0 Å². The van der Waals surface area contributed by atoms with Gasteiger partial charge in [0.25, 0.3) is 0 Å². The summed E-state index contributed by atoms with van der Waals surface area (Å²) in [5.74, 6) is 0. The van der Waals surface area contributed by atoms with Crippen LogP contribution in [-0.4, -0.2) is 41.7 Å². The molecule has 0 rings (SSSR count). The minimum absolute atomic E-state index is 0.0509. The average molecular weight is 143 g/mol. The molecule has 6 heteroatoms. The third kappa shape index (κ3) is 3.00. The number of hydrogen-bond acceptors (Lipinski definition) is 4. The number of carbonyl (C=O) groups excluding carboxylic acids is 1. The molecule has 0 bridgehead atoms. The zero-order chi connectivity index (χ0) is 8.15. The Morgan fingerprint density at radius 1 is 1.40 bits per heavy atom. The van der Waals surface area contributed by atoms with Crippen molar-refractivity contribution in [1.82, 2.24) is 4.72 Å². The van der Waals surface area contributed by atoms with Gasteiger partial charge in [-0.15, -0.1) is 0 Å². The molecule has 0 aromatic heterocycles. The van der Waals surface area contributed by atoms with Crippen LogP contribution in [0.15, 0.2) is 0 Å². The number of aldehydes is 1. The maximum Gasteiger partial charge on any atom is 0.367 e.